The summed E-state index contributed by atoms with van der Waals surface area (Å²) in [4.78, 5) is 35.4. The van der Waals surface area contributed by atoms with Crippen molar-refractivity contribution in [1.29, 1.82) is 0 Å². The molecule has 124 valence electrons. The third kappa shape index (κ3) is 3.82. The number of nitro benzene ring substituents is 1. The molecule has 1 aromatic rings. The van der Waals surface area contributed by atoms with Crippen LogP contribution in [0.1, 0.15) is 30.1 Å². The summed E-state index contributed by atoms with van der Waals surface area (Å²) in [7, 11) is 0. The van der Waals surface area contributed by atoms with Gasteiger partial charge in [-0.15, -0.1) is 0 Å². The van der Waals surface area contributed by atoms with Gasteiger partial charge in [0.1, 0.15) is 0 Å². The number of carbonyl (C=O) groups is 2. The number of hydrogen-bond donors (Lipinski definition) is 0. The lowest BCUT2D eigenvalue weighted by atomic mass is 9.97. The number of likely N-dealkylation sites (tertiary alicyclic amines) is 1. The van der Waals surface area contributed by atoms with Gasteiger partial charge in [0, 0.05) is 24.7 Å². The molecule has 1 aliphatic rings. The number of esters is 1. The second-order valence-electron chi connectivity index (χ2n) is 5.27. The quantitative estimate of drug-likeness (QED) is 0.481. The Balaban J connectivity index is 2.12. The zero-order chi connectivity index (χ0) is 17.0. The normalized spacial score (nSPS) is 17.7. The summed E-state index contributed by atoms with van der Waals surface area (Å²) >= 11 is 0. The van der Waals surface area contributed by atoms with Crippen molar-refractivity contribution in [1.82, 2.24) is 4.90 Å². The van der Waals surface area contributed by atoms with E-state index in [1.54, 1.807) is 6.92 Å². The fourth-order valence-corrected chi connectivity index (χ4v) is 2.58. The van der Waals surface area contributed by atoms with E-state index in [4.69, 9.17) is 4.74 Å². The molecule has 0 bridgehead atoms. The molecule has 0 radical (unpaired) electrons. The van der Waals surface area contributed by atoms with Crippen LogP contribution in [0.2, 0.25) is 0 Å². The Bertz CT molecular complexity index is 634. The first kappa shape index (κ1) is 16.9. The monoisotopic (exact) mass is 324 g/mol. The van der Waals surface area contributed by atoms with Crippen molar-refractivity contribution in [2.45, 2.75) is 19.8 Å². The summed E-state index contributed by atoms with van der Waals surface area (Å²) in [6.45, 7) is 2.64. The van der Waals surface area contributed by atoms with Gasteiger partial charge < -0.3 is 9.64 Å². The van der Waals surface area contributed by atoms with Crippen LogP contribution in [0.4, 0.5) is 10.1 Å². The van der Waals surface area contributed by atoms with E-state index in [9.17, 15) is 24.1 Å². The lowest BCUT2D eigenvalue weighted by Gasteiger charge is -2.31. The van der Waals surface area contributed by atoms with Crippen molar-refractivity contribution in [2.75, 3.05) is 19.7 Å². The molecule has 0 unspecified atom stereocenters. The summed E-state index contributed by atoms with van der Waals surface area (Å²) in [6, 6.07) is 3.04. The molecule has 1 aromatic carbocycles. The van der Waals surface area contributed by atoms with Gasteiger partial charge in [-0.25, -0.2) is 0 Å². The number of hydrogen-bond acceptors (Lipinski definition) is 5. The number of carbonyl (C=O) groups excluding carboxylic acids is 2. The second kappa shape index (κ2) is 7.17. The van der Waals surface area contributed by atoms with Crippen LogP contribution in [0, 0.1) is 21.8 Å². The van der Waals surface area contributed by atoms with E-state index >= 15 is 0 Å². The zero-order valence-corrected chi connectivity index (χ0v) is 12.7. The second-order valence-corrected chi connectivity index (χ2v) is 5.27. The highest BCUT2D eigenvalue weighted by Gasteiger charge is 2.30. The van der Waals surface area contributed by atoms with Crippen LogP contribution in [0.25, 0.3) is 0 Å². The average molecular weight is 324 g/mol. The third-order valence-electron chi connectivity index (χ3n) is 3.72. The third-order valence-corrected chi connectivity index (χ3v) is 3.72. The van der Waals surface area contributed by atoms with E-state index < -0.39 is 28.3 Å². The van der Waals surface area contributed by atoms with Crippen LogP contribution in [0.5, 0.6) is 0 Å². The Labute approximate surface area is 132 Å². The first-order valence-electron chi connectivity index (χ1n) is 7.34. The molecule has 0 saturated carbocycles. The topological polar surface area (TPSA) is 89.8 Å². The largest absolute Gasteiger partial charge is 0.466 e. The lowest BCUT2D eigenvalue weighted by Crippen LogP contribution is -2.42. The van der Waals surface area contributed by atoms with Crippen molar-refractivity contribution >= 4 is 17.6 Å². The number of ether oxygens (including phenoxy) is 1. The van der Waals surface area contributed by atoms with Crippen molar-refractivity contribution in [3.63, 3.8) is 0 Å². The van der Waals surface area contributed by atoms with E-state index in [2.05, 4.69) is 0 Å². The minimum Gasteiger partial charge on any atom is -0.466 e. The summed E-state index contributed by atoms with van der Waals surface area (Å²) < 4.78 is 18.6. The van der Waals surface area contributed by atoms with Crippen LogP contribution in [0.15, 0.2) is 18.2 Å². The number of nitro groups is 1. The molecule has 1 amide bonds. The lowest BCUT2D eigenvalue weighted by molar-refractivity contribution is -0.387. The van der Waals surface area contributed by atoms with E-state index in [1.807, 2.05) is 0 Å². The van der Waals surface area contributed by atoms with E-state index in [0.29, 0.717) is 19.4 Å². The van der Waals surface area contributed by atoms with Crippen LogP contribution in [0.3, 0.4) is 0 Å². The molecule has 1 fully saturated rings. The maximum Gasteiger partial charge on any atom is 0.310 e. The first-order chi connectivity index (χ1) is 10.9. The highest BCUT2D eigenvalue weighted by molar-refractivity contribution is 5.94. The Kier molecular flexibility index (Phi) is 5.25. The molecule has 1 atom stereocenters. The summed E-state index contributed by atoms with van der Waals surface area (Å²) in [5.74, 6) is -2.25. The number of benzene rings is 1. The molecule has 23 heavy (non-hydrogen) atoms. The highest BCUT2D eigenvalue weighted by atomic mass is 19.1. The predicted octanol–water partition coefficient (Wildman–Crippen LogP) is 2.15. The molecule has 0 aliphatic carbocycles. The van der Waals surface area contributed by atoms with Gasteiger partial charge in [-0.1, -0.05) is 0 Å². The Morgan fingerprint density at radius 3 is 2.83 bits per heavy atom. The van der Waals surface area contributed by atoms with Gasteiger partial charge in [0.05, 0.1) is 17.4 Å². The molecule has 7 nitrogen and oxygen atoms in total. The van der Waals surface area contributed by atoms with Crippen molar-refractivity contribution in [2.24, 2.45) is 5.92 Å². The summed E-state index contributed by atoms with van der Waals surface area (Å²) in [5, 5.41) is 10.6. The van der Waals surface area contributed by atoms with Gasteiger partial charge in [0.25, 0.3) is 5.91 Å². The van der Waals surface area contributed by atoms with Gasteiger partial charge in [0.15, 0.2) is 0 Å². The SMILES string of the molecule is CCOC(=O)[C@H]1CCCN(C(=O)c2ccc([N+](=O)[O-])c(F)c2)C1. The number of nitrogens with zero attached hydrogens (tertiary/aromatic N) is 2. The predicted molar refractivity (Wildman–Crippen MR) is 78.3 cm³/mol. The fraction of sp³-hybridized carbons (Fsp3) is 0.467. The fourth-order valence-electron chi connectivity index (χ4n) is 2.58. The van der Waals surface area contributed by atoms with E-state index in [0.717, 1.165) is 12.1 Å². The standard InChI is InChI=1S/C15H17FN2O5/c1-2-23-15(20)11-4-3-7-17(9-11)14(19)10-5-6-13(18(21)22)12(16)8-10/h5-6,8,11H,2-4,7,9H2,1H3/t11-/m0/s1. The Morgan fingerprint density at radius 2 is 2.22 bits per heavy atom. The van der Waals surface area contributed by atoms with Crippen LogP contribution >= 0.6 is 0 Å². The van der Waals surface area contributed by atoms with Gasteiger partial charge in [-0.05, 0) is 31.9 Å². The van der Waals surface area contributed by atoms with Crippen molar-refractivity contribution < 1.29 is 23.6 Å². The molecule has 0 N–H and O–H groups in total. The minimum absolute atomic E-state index is 0.0256. The molecule has 1 aliphatic heterocycles. The molecule has 1 saturated heterocycles. The summed E-state index contributed by atoms with van der Waals surface area (Å²) in [6.07, 6.45) is 1.28. The highest BCUT2D eigenvalue weighted by Crippen LogP contribution is 2.22. The first-order valence-corrected chi connectivity index (χ1v) is 7.34. The molecule has 0 spiro atoms. The zero-order valence-electron chi connectivity index (χ0n) is 12.7. The molecule has 0 aromatic heterocycles. The molecule has 8 heteroatoms. The smallest absolute Gasteiger partial charge is 0.310 e. The number of piperidine rings is 1. The van der Waals surface area contributed by atoms with Crippen LogP contribution < -0.4 is 0 Å². The molecule has 1 heterocycles. The Morgan fingerprint density at radius 1 is 1.48 bits per heavy atom. The van der Waals surface area contributed by atoms with Crippen molar-refractivity contribution in [3.8, 4) is 0 Å². The minimum atomic E-state index is -1.06. The van der Waals surface area contributed by atoms with E-state index in [-0.39, 0.29) is 24.7 Å². The number of rotatable bonds is 4. The maximum atomic E-state index is 13.6. The van der Waals surface area contributed by atoms with Crippen LogP contribution in [-0.2, 0) is 9.53 Å². The number of halogens is 1. The van der Waals surface area contributed by atoms with E-state index in [1.165, 1.54) is 11.0 Å². The van der Waals surface area contributed by atoms with Gasteiger partial charge in [0.2, 0.25) is 5.82 Å². The maximum absolute atomic E-state index is 13.6. The summed E-state index contributed by atoms with van der Waals surface area (Å²) in [5.41, 5.74) is -0.651. The van der Waals surface area contributed by atoms with Gasteiger partial charge in [-0.3, -0.25) is 19.7 Å². The van der Waals surface area contributed by atoms with Crippen LogP contribution in [-0.4, -0.2) is 41.4 Å². The van der Waals surface area contributed by atoms with Crippen molar-refractivity contribution in [3.05, 3.63) is 39.7 Å². The molecule has 2 rings (SSSR count). The Hall–Kier alpha value is -2.51. The van der Waals surface area contributed by atoms with Gasteiger partial charge >= 0.3 is 11.7 Å². The number of amides is 1. The molecular weight excluding hydrogens is 307 g/mol. The van der Waals surface area contributed by atoms with Gasteiger partial charge in [-0.2, -0.15) is 4.39 Å². The average Bonchev–Trinajstić information content (AvgIpc) is 2.54. The molecular formula is C15H17FN2O5.